The molecule has 8 nitrogen and oxygen atoms in total. The van der Waals surface area contributed by atoms with Gasteiger partial charge < -0.3 is 20.4 Å². The van der Waals surface area contributed by atoms with Gasteiger partial charge in [-0.3, -0.25) is 19.5 Å². The molecule has 2 amide bonds. The number of halogens is 2. The van der Waals surface area contributed by atoms with Crippen molar-refractivity contribution in [2.24, 2.45) is 4.99 Å². The van der Waals surface area contributed by atoms with Crippen molar-refractivity contribution in [1.29, 1.82) is 0 Å². The van der Waals surface area contributed by atoms with Crippen LogP contribution in [0, 0.1) is 5.82 Å². The van der Waals surface area contributed by atoms with Gasteiger partial charge in [-0.15, -0.1) is 24.0 Å². The average Bonchev–Trinajstić information content (AvgIpc) is 3.33. The van der Waals surface area contributed by atoms with E-state index in [0.29, 0.717) is 13.1 Å². The predicted molar refractivity (Wildman–Crippen MR) is 134 cm³/mol. The Morgan fingerprint density at radius 2 is 1.62 bits per heavy atom. The summed E-state index contributed by atoms with van der Waals surface area (Å²) < 4.78 is 13.7. The van der Waals surface area contributed by atoms with Crippen molar-refractivity contribution in [2.75, 3.05) is 59.4 Å². The molecule has 0 radical (unpaired) electrons. The Kier molecular flexibility index (Phi) is 10.6. The highest BCUT2D eigenvalue weighted by molar-refractivity contribution is 14.0. The van der Waals surface area contributed by atoms with Gasteiger partial charge in [-0.1, -0.05) is 12.1 Å². The molecular formula is C22H34FIN6O2. The monoisotopic (exact) mass is 560 g/mol. The van der Waals surface area contributed by atoms with E-state index in [4.69, 9.17) is 0 Å². The van der Waals surface area contributed by atoms with E-state index in [1.807, 2.05) is 11.8 Å². The quantitative estimate of drug-likeness (QED) is 0.238. The molecule has 0 aliphatic carbocycles. The van der Waals surface area contributed by atoms with Crippen LogP contribution in [0.4, 0.5) is 4.39 Å². The van der Waals surface area contributed by atoms with Crippen molar-refractivity contribution in [3.8, 4) is 0 Å². The van der Waals surface area contributed by atoms with Gasteiger partial charge in [0.15, 0.2) is 5.96 Å². The van der Waals surface area contributed by atoms with Gasteiger partial charge in [-0.2, -0.15) is 0 Å². The fraction of sp³-hybridized carbons (Fsp3) is 0.591. The van der Waals surface area contributed by atoms with Crippen molar-refractivity contribution >= 4 is 41.8 Å². The molecule has 0 bridgehead atoms. The molecule has 10 heteroatoms. The number of hydrogen-bond donors (Lipinski definition) is 2. The minimum absolute atomic E-state index is 0. The first-order valence-corrected chi connectivity index (χ1v) is 11.0. The molecule has 0 saturated carbocycles. The smallest absolute Gasteiger partial charge is 0.254 e. The molecule has 0 spiro atoms. The predicted octanol–water partition coefficient (Wildman–Crippen LogP) is 1.38. The highest BCUT2D eigenvalue weighted by atomic mass is 127. The number of guanidine groups is 1. The highest BCUT2D eigenvalue weighted by Gasteiger charge is 2.30. The minimum Gasteiger partial charge on any atom is -0.354 e. The van der Waals surface area contributed by atoms with E-state index in [2.05, 4.69) is 25.4 Å². The van der Waals surface area contributed by atoms with E-state index < -0.39 is 11.7 Å². The Morgan fingerprint density at radius 3 is 2.25 bits per heavy atom. The number of carbonyl (C=O) groups excluding carboxylic acids is 2. The minimum atomic E-state index is -0.529. The zero-order chi connectivity index (χ0) is 22.2. The Balaban J connectivity index is 0.00000363. The van der Waals surface area contributed by atoms with Crippen LogP contribution >= 0.6 is 24.0 Å². The maximum Gasteiger partial charge on any atom is 0.254 e. The summed E-state index contributed by atoms with van der Waals surface area (Å²) in [6.45, 7) is 7.75. The molecule has 3 rings (SSSR count). The van der Waals surface area contributed by atoms with Crippen LogP contribution in [-0.2, 0) is 4.79 Å². The van der Waals surface area contributed by atoms with E-state index in [9.17, 15) is 14.0 Å². The molecule has 2 heterocycles. The van der Waals surface area contributed by atoms with Gasteiger partial charge in [0.05, 0.1) is 11.6 Å². The summed E-state index contributed by atoms with van der Waals surface area (Å²) in [6, 6.07) is 5.83. The summed E-state index contributed by atoms with van der Waals surface area (Å²) in [4.78, 5) is 35.4. The van der Waals surface area contributed by atoms with Crippen LogP contribution in [0.25, 0.3) is 0 Å². The summed E-state index contributed by atoms with van der Waals surface area (Å²) in [5, 5.41) is 5.96. The molecule has 2 aliphatic heterocycles. The second-order valence-corrected chi connectivity index (χ2v) is 7.94. The van der Waals surface area contributed by atoms with E-state index in [0.717, 1.165) is 58.1 Å². The largest absolute Gasteiger partial charge is 0.354 e. The second-order valence-electron chi connectivity index (χ2n) is 7.94. The summed E-state index contributed by atoms with van der Waals surface area (Å²) in [5.41, 5.74) is 0.0422. The summed E-state index contributed by atoms with van der Waals surface area (Å²) in [7, 11) is 1.73. The average molecular weight is 560 g/mol. The third-order valence-electron chi connectivity index (χ3n) is 5.96. The Labute approximate surface area is 206 Å². The zero-order valence-corrected chi connectivity index (χ0v) is 21.2. The van der Waals surface area contributed by atoms with Gasteiger partial charge in [0.2, 0.25) is 5.91 Å². The number of piperazine rings is 1. The lowest BCUT2D eigenvalue weighted by molar-refractivity contribution is -0.135. The van der Waals surface area contributed by atoms with E-state index in [1.54, 1.807) is 19.2 Å². The van der Waals surface area contributed by atoms with Crippen LogP contribution in [0.1, 0.15) is 30.1 Å². The SMILES string of the molecule is CN=C(NCCNC(=O)c1ccccc1F)N1CCN(C(C)C(=O)N2CCCC2)CC1.I. The van der Waals surface area contributed by atoms with Gasteiger partial charge >= 0.3 is 0 Å². The third-order valence-corrected chi connectivity index (χ3v) is 5.96. The molecule has 2 aliphatic rings. The number of likely N-dealkylation sites (tertiary alicyclic amines) is 1. The maximum atomic E-state index is 13.7. The molecule has 2 fully saturated rings. The maximum absolute atomic E-state index is 13.7. The number of nitrogens with zero attached hydrogens (tertiary/aromatic N) is 4. The van der Waals surface area contributed by atoms with Gasteiger partial charge in [0.1, 0.15) is 5.82 Å². The summed E-state index contributed by atoms with van der Waals surface area (Å²) in [5.74, 6) is 0.0385. The number of carbonyl (C=O) groups is 2. The van der Waals surface area contributed by atoms with Crippen LogP contribution in [0.5, 0.6) is 0 Å². The van der Waals surface area contributed by atoms with E-state index >= 15 is 0 Å². The normalized spacial score (nSPS) is 18.2. The van der Waals surface area contributed by atoms with Crippen LogP contribution in [0.15, 0.2) is 29.3 Å². The van der Waals surface area contributed by atoms with Crippen molar-refractivity contribution in [3.05, 3.63) is 35.6 Å². The van der Waals surface area contributed by atoms with Crippen molar-refractivity contribution in [1.82, 2.24) is 25.3 Å². The first-order chi connectivity index (χ1) is 15.0. The standard InChI is InChI=1S/C22H33FN6O2.HI/c1-17(21(31)28-11-5-6-12-28)27-13-15-29(16-14-27)22(24-2)26-10-9-25-20(30)18-7-3-4-8-19(18)23;/h3-4,7-8,17H,5-6,9-16H2,1-2H3,(H,24,26)(H,25,30);1H. The van der Waals surface area contributed by atoms with E-state index in [1.165, 1.54) is 12.1 Å². The van der Waals surface area contributed by atoms with Gasteiger partial charge in [-0.25, -0.2) is 4.39 Å². The van der Waals surface area contributed by atoms with Gasteiger partial charge in [0.25, 0.3) is 5.91 Å². The molecule has 0 aromatic heterocycles. The fourth-order valence-corrected chi connectivity index (χ4v) is 4.10. The Hall–Kier alpha value is -1.95. The van der Waals surface area contributed by atoms with Gasteiger partial charge in [-0.05, 0) is 31.9 Å². The first kappa shape index (κ1) is 26.3. The van der Waals surface area contributed by atoms with Crippen LogP contribution < -0.4 is 10.6 Å². The number of hydrogen-bond acceptors (Lipinski definition) is 4. The summed E-state index contributed by atoms with van der Waals surface area (Å²) >= 11 is 0. The number of rotatable bonds is 6. The van der Waals surface area contributed by atoms with Crippen molar-refractivity contribution in [3.63, 3.8) is 0 Å². The lowest BCUT2D eigenvalue weighted by Gasteiger charge is -2.39. The Morgan fingerprint density at radius 1 is 1.00 bits per heavy atom. The lowest BCUT2D eigenvalue weighted by Crippen LogP contribution is -2.57. The third kappa shape index (κ3) is 6.77. The number of amides is 2. The van der Waals surface area contributed by atoms with Crippen molar-refractivity contribution in [2.45, 2.75) is 25.8 Å². The molecule has 1 unspecified atom stereocenters. The lowest BCUT2D eigenvalue weighted by atomic mass is 10.2. The molecule has 2 saturated heterocycles. The molecule has 1 aromatic rings. The fourth-order valence-electron chi connectivity index (χ4n) is 4.10. The molecule has 2 N–H and O–H groups in total. The number of aliphatic imine (C=N–C) groups is 1. The van der Waals surface area contributed by atoms with E-state index in [-0.39, 0.29) is 41.5 Å². The van der Waals surface area contributed by atoms with Crippen LogP contribution in [0.2, 0.25) is 0 Å². The zero-order valence-electron chi connectivity index (χ0n) is 18.8. The van der Waals surface area contributed by atoms with Crippen LogP contribution in [0.3, 0.4) is 0 Å². The summed E-state index contributed by atoms with van der Waals surface area (Å²) in [6.07, 6.45) is 2.21. The molecule has 32 heavy (non-hydrogen) atoms. The molecule has 1 atom stereocenters. The highest BCUT2D eigenvalue weighted by Crippen LogP contribution is 2.14. The van der Waals surface area contributed by atoms with Gasteiger partial charge in [0, 0.05) is 59.4 Å². The first-order valence-electron chi connectivity index (χ1n) is 11.0. The Bertz CT molecular complexity index is 794. The number of benzene rings is 1. The molecule has 178 valence electrons. The van der Waals surface area contributed by atoms with Crippen LogP contribution in [-0.4, -0.2) is 97.9 Å². The molecular weight excluding hydrogens is 526 g/mol. The molecule has 1 aromatic carbocycles. The second kappa shape index (κ2) is 12.9. The topological polar surface area (TPSA) is 80.3 Å². The van der Waals surface area contributed by atoms with Crippen molar-refractivity contribution < 1.29 is 14.0 Å². The number of nitrogens with one attached hydrogen (secondary N) is 2.